The summed E-state index contributed by atoms with van der Waals surface area (Å²) in [4.78, 5) is 22.7. The normalized spacial score (nSPS) is 14.1. The molecule has 0 spiro atoms. The van der Waals surface area contributed by atoms with Crippen LogP contribution in [0.15, 0.2) is 30.6 Å². The molecule has 0 radical (unpaired) electrons. The molecule has 2 amide bonds. The molecule has 1 fully saturated rings. The SMILES string of the molecule is COc1ccc(C)cc1NC(=O)Nc1cc(N2CCOCC2)ncn1. The first-order valence-electron chi connectivity index (χ1n) is 8.03. The minimum atomic E-state index is -0.393. The van der Waals surface area contributed by atoms with Crippen molar-refractivity contribution in [3.05, 3.63) is 36.2 Å². The Balaban J connectivity index is 1.68. The van der Waals surface area contributed by atoms with Gasteiger partial charge in [0.2, 0.25) is 0 Å². The molecule has 2 heterocycles. The summed E-state index contributed by atoms with van der Waals surface area (Å²) in [6.07, 6.45) is 1.44. The average Bonchev–Trinajstić information content (AvgIpc) is 2.63. The summed E-state index contributed by atoms with van der Waals surface area (Å²) in [5.41, 5.74) is 1.62. The lowest BCUT2D eigenvalue weighted by Gasteiger charge is -2.27. The van der Waals surface area contributed by atoms with E-state index in [1.54, 1.807) is 13.2 Å². The minimum absolute atomic E-state index is 0.393. The standard InChI is InChI=1S/C17H21N5O3/c1-12-3-4-14(24-2)13(9-12)20-17(23)21-15-10-16(19-11-18-15)22-5-7-25-8-6-22/h3-4,9-11H,5-8H2,1-2H3,(H2,18,19,20,21,23). The zero-order valence-corrected chi connectivity index (χ0v) is 14.3. The Morgan fingerprint density at radius 1 is 1.20 bits per heavy atom. The number of nitrogens with zero attached hydrogens (tertiary/aromatic N) is 3. The van der Waals surface area contributed by atoms with E-state index < -0.39 is 6.03 Å². The van der Waals surface area contributed by atoms with Crippen molar-refractivity contribution in [2.45, 2.75) is 6.92 Å². The number of morpholine rings is 1. The Kier molecular flexibility index (Phi) is 5.30. The summed E-state index contributed by atoms with van der Waals surface area (Å²) in [6.45, 7) is 4.81. The van der Waals surface area contributed by atoms with Crippen molar-refractivity contribution in [1.29, 1.82) is 0 Å². The summed E-state index contributed by atoms with van der Waals surface area (Å²) in [7, 11) is 1.56. The molecule has 8 heteroatoms. The molecule has 1 aromatic heterocycles. The zero-order valence-electron chi connectivity index (χ0n) is 14.3. The predicted molar refractivity (Wildman–Crippen MR) is 95.4 cm³/mol. The number of aromatic nitrogens is 2. The van der Waals surface area contributed by atoms with Crippen LogP contribution in [0.5, 0.6) is 5.75 Å². The molecule has 3 rings (SSSR count). The van der Waals surface area contributed by atoms with Gasteiger partial charge in [0.05, 0.1) is 26.0 Å². The second-order valence-electron chi connectivity index (χ2n) is 5.64. The topological polar surface area (TPSA) is 88.6 Å². The minimum Gasteiger partial charge on any atom is -0.495 e. The van der Waals surface area contributed by atoms with Gasteiger partial charge in [0.15, 0.2) is 0 Å². The van der Waals surface area contributed by atoms with Crippen molar-refractivity contribution in [1.82, 2.24) is 9.97 Å². The van der Waals surface area contributed by atoms with E-state index in [-0.39, 0.29) is 0 Å². The highest BCUT2D eigenvalue weighted by molar-refractivity contribution is 6.00. The van der Waals surface area contributed by atoms with Gasteiger partial charge in [0, 0.05) is 19.2 Å². The summed E-state index contributed by atoms with van der Waals surface area (Å²) < 4.78 is 10.6. The van der Waals surface area contributed by atoms with Crippen LogP contribution in [0.4, 0.5) is 22.1 Å². The van der Waals surface area contributed by atoms with E-state index in [1.807, 2.05) is 25.1 Å². The van der Waals surface area contributed by atoms with Gasteiger partial charge in [-0.2, -0.15) is 0 Å². The maximum absolute atomic E-state index is 12.3. The molecule has 1 saturated heterocycles. The van der Waals surface area contributed by atoms with Crippen molar-refractivity contribution in [3.8, 4) is 5.75 Å². The summed E-state index contributed by atoms with van der Waals surface area (Å²) >= 11 is 0. The van der Waals surface area contributed by atoms with E-state index in [1.165, 1.54) is 6.33 Å². The van der Waals surface area contributed by atoms with Crippen LogP contribution < -0.4 is 20.3 Å². The molecule has 25 heavy (non-hydrogen) atoms. The van der Waals surface area contributed by atoms with E-state index in [2.05, 4.69) is 25.5 Å². The molecule has 0 bridgehead atoms. The highest BCUT2D eigenvalue weighted by atomic mass is 16.5. The monoisotopic (exact) mass is 343 g/mol. The fourth-order valence-electron chi connectivity index (χ4n) is 2.57. The van der Waals surface area contributed by atoms with Crippen LogP contribution in [0.2, 0.25) is 0 Å². The first-order chi connectivity index (χ1) is 12.2. The molecular weight excluding hydrogens is 322 g/mol. The van der Waals surface area contributed by atoms with Gasteiger partial charge in [0.1, 0.15) is 23.7 Å². The summed E-state index contributed by atoms with van der Waals surface area (Å²) in [5.74, 6) is 1.79. The van der Waals surface area contributed by atoms with Crippen LogP contribution >= 0.6 is 0 Å². The van der Waals surface area contributed by atoms with Crippen LogP contribution in [-0.2, 0) is 4.74 Å². The third-order valence-electron chi connectivity index (χ3n) is 3.83. The molecule has 1 aromatic carbocycles. The van der Waals surface area contributed by atoms with Gasteiger partial charge in [-0.15, -0.1) is 0 Å². The number of carbonyl (C=O) groups is 1. The number of urea groups is 1. The Labute approximate surface area is 146 Å². The smallest absolute Gasteiger partial charge is 0.324 e. The second kappa shape index (κ2) is 7.80. The van der Waals surface area contributed by atoms with E-state index >= 15 is 0 Å². The third kappa shape index (κ3) is 4.36. The Morgan fingerprint density at radius 2 is 2.00 bits per heavy atom. The Bertz CT molecular complexity index is 747. The quantitative estimate of drug-likeness (QED) is 0.885. The van der Waals surface area contributed by atoms with Crippen molar-refractivity contribution in [3.63, 3.8) is 0 Å². The predicted octanol–water partition coefficient (Wildman–Crippen LogP) is 2.27. The number of carbonyl (C=O) groups excluding carboxylic acids is 1. The molecule has 0 saturated carbocycles. The first-order valence-corrected chi connectivity index (χ1v) is 8.03. The number of benzene rings is 1. The molecule has 2 N–H and O–H groups in total. The lowest BCUT2D eigenvalue weighted by atomic mass is 10.2. The number of ether oxygens (including phenoxy) is 2. The number of aryl methyl sites for hydroxylation is 1. The number of methoxy groups -OCH3 is 1. The van der Waals surface area contributed by atoms with E-state index in [0.29, 0.717) is 30.5 Å². The number of rotatable bonds is 4. The van der Waals surface area contributed by atoms with Gasteiger partial charge in [-0.05, 0) is 24.6 Å². The van der Waals surface area contributed by atoms with Gasteiger partial charge in [-0.25, -0.2) is 14.8 Å². The fraction of sp³-hybridized carbons (Fsp3) is 0.353. The molecule has 132 valence electrons. The van der Waals surface area contributed by atoms with Crippen LogP contribution in [0, 0.1) is 6.92 Å². The second-order valence-corrected chi connectivity index (χ2v) is 5.64. The summed E-state index contributed by atoms with van der Waals surface area (Å²) in [5, 5.41) is 5.51. The highest BCUT2D eigenvalue weighted by Crippen LogP contribution is 2.25. The van der Waals surface area contributed by atoms with Gasteiger partial charge < -0.3 is 19.7 Å². The van der Waals surface area contributed by atoms with Gasteiger partial charge in [-0.1, -0.05) is 6.07 Å². The van der Waals surface area contributed by atoms with Crippen LogP contribution in [0.25, 0.3) is 0 Å². The number of hydrogen-bond acceptors (Lipinski definition) is 6. The molecular formula is C17H21N5O3. The number of anilines is 3. The average molecular weight is 343 g/mol. The Hall–Kier alpha value is -2.87. The third-order valence-corrected chi connectivity index (χ3v) is 3.83. The lowest BCUT2D eigenvalue weighted by Crippen LogP contribution is -2.36. The van der Waals surface area contributed by atoms with Crippen molar-refractivity contribution in [2.75, 3.05) is 48.9 Å². The number of hydrogen-bond donors (Lipinski definition) is 2. The fourth-order valence-corrected chi connectivity index (χ4v) is 2.57. The molecule has 0 unspecified atom stereocenters. The van der Waals surface area contributed by atoms with Crippen molar-refractivity contribution < 1.29 is 14.3 Å². The molecule has 1 aliphatic rings. The van der Waals surface area contributed by atoms with Crippen LogP contribution in [0.1, 0.15) is 5.56 Å². The van der Waals surface area contributed by atoms with E-state index in [0.717, 1.165) is 24.5 Å². The number of nitrogens with one attached hydrogen (secondary N) is 2. The van der Waals surface area contributed by atoms with Gasteiger partial charge in [0.25, 0.3) is 0 Å². The van der Waals surface area contributed by atoms with Crippen molar-refractivity contribution in [2.24, 2.45) is 0 Å². The first kappa shape index (κ1) is 17.0. The Morgan fingerprint density at radius 3 is 2.76 bits per heavy atom. The number of amides is 2. The van der Waals surface area contributed by atoms with Gasteiger partial charge >= 0.3 is 6.03 Å². The lowest BCUT2D eigenvalue weighted by molar-refractivity contribution is 0.122. The molecule has 0 atom stereocenters. The summed E-state index contributed by atoms with van der Waals surface area (Å²) in [6, 6.07) is 6.93. The maximum atomic E-state index is 12.3. The van der Waals surface area contributed by atoms with E-state index in [9.17, 15) is 4.79 Å². The molecule has 0 aliphatic carbocycles. The highest BCUT2D eigenvalue weighted by Gasteiger charge is 2.14. The van der Waals surface area contributed by atoms with E-state index in [4.69, 9.17) is 9.47 Å². The maximum Gasteiger partial charge on any atom is 0.324 e. The van der Waals surface area contributed by atoms with Gasteiger partial charge in [-0.3, -0.25) is 5.32 Å². The molecule has 8 nitrogen and oxygen atoms in total. The zero-order chi connectivity index (χ0) is 17.6. The molecule has 1 aliphatic heterocycles. The largest absolute Gasteiger partial charge is 0.495 e. The van der Waals surface area contributed by atoms with Crippen molar-refractivity contribution >= 4 is 23.4 Å². The van der Waals surface area contributed by atoms with Crippen LogP contribution in [0.3, 0.4) is 0 Å². The van der Waals surface area contributed by atoms with Crippen LogP contribution in [-0.4, -0.2) is 49.4 Å². The molecule has 2 aromatic rings.